The van der Waals surface area contributed by atoms with E-state index in [1.165, 1.54) is 0 Å². The molecule has 1 fully saturated rings. The number of benzene rings is 5. The molecule has 1 atom stereocenters. The molecule has 1 unspecified atom stereocenters. The SMILES string of the molecule is CCc1c2c(nc3ccc(OC(C)(C)C)cc13)-c1cc3c(c(=O)n1C2)COC(=O)C3(CC)OC(=O)N1CCN(Cc2ccc3c(c2)CN(C(=O)c2cc(C(C)C)c(OCc4ccccc4)cc2OCc2ccccc2)C3)CC1. The lowest BCUT2D eigenvalue weighted by atomic mass is 9.85. The van der Waals surface area contributed by atoms with Crippen LogP contribution in [-0.4, -0.2) is 74.0 Å². The number of carbonyl (C=O) groups is 3. The Morgan fingerprint density at radius 1 is 0.731 bits per heavy atom. The summed E-state index contributed by atoms with van der Waals surface area (Å²) in [5.41, 5.74) is 8.98. The van der Waals surface area contributed by atoms with Gasteiger partial charge in [0.15, 0.2) is 0 Å². The molecule has 0 saturated carbocycles. The largest absolute Gasteiger partial charge is 0.488 e. The second kappa shape index (κ2) is 21.1. The van der Waals surface area contributed by atoms with Gasteiger partial charge in [0, 0.05) is 68.4 Å². The lowest BCUT2D eigenvalue weighted by molar-refractivity contribution is -0.173. The molecule has 6 heterocycles. The number of aryl methyl sites for hydroxylation is 1. The summed E-state index contributed by atoms with van der Waals surface area (Å²) < 4.78 is 32.8. The Hall–Kier alpha value is -7.97. The zero-order valence-electron chi connectivity index (χ0n) is 45.6. The van der Waals surface area contributed by atoms with E-state index >= 15 is 0 Å². The van der Waals surface area contributed by atoms with Crippen molar-refractivity contribution in [2.75, 3.05) is 26.2 Å². The van der Waals surface area contributed by atoms with Gasteiger partial charge in [-0.1, -0.05) is 107 Å². The molecule has 0 spiro atoms. The number of nitrogens with zero attached hydrogens (tertiary/aromatic N) is 5. The first-order valence-corrected chi connectivity index (χ1v) is 27.3. The van der Waals surface area contributed by atoms with E-state index in [9.17, 15) is 19.2 Å². The van der Waals surface area contributed by atoms with Crippen molar-refractivity contribution in [2.45, 2.75) is 124 Å². The smallest absolute Gasteiger partial charge is 0.411 e. The number of hydrogen-bond donors (Lipinski definition) is 0. The highest BCUT2D eigenvalue weighted by atomic mass is 16.6. The standard InChI is InChI=1S/C64H67N5O9/c1-8-47-49-29-46(77-63(5,6)7)22-23-54(49)65-58-51(47)36-69-55(58)31-53-52(60(69)71)39-76-61(72)64(53,9-2)78-62(73)67-26-24-66(25-27-67)33-43-20-21-44-34-68(35-45(44)28-43)59(70)50-30-48(40(3)4)56(74-37-41-16-12-10-13-17-41)32-57(50)75-38-42-18-14-11-15-19-42/h10-23,28-32,40H,8-9,24-27,33-39H2,1-7H3. The summed E-state index contributed by atoms with van der Waals surface area (Å²) in [4.78, 5) is 68.2. The lowest BCUT2D eigenvalue weighted by Gasteiger charge is -2.39. The van der Waals surface area contributed by atoms with Crippen LogP contribution in [0.5, 0.6) is 17.2 Å². The highest BCUT2D eigenvalue weighted by molar-refractivity contribution is 5.98. The Balaban J connectivity index is 0.765. The number of fused-ring (bicyclic) bond motifs is 6. The van der Waals surface area contributed by atoms with Gasteiger partial charge in [-0.15, -0.1) is 0 Å². The number of hydrogen-bond acceptors (Lipinski definition) is 11. The molecule has 0 radical (unpaired) electrons. The Bertz CT molecular complexity index is 3530. The molecule has 4 aliphatic rings. The van der Waals surface area contributed by atoms with E-state index in [0.29, 0.717) is 112 Å². The van der Waals surface area contributed by atoms with Crippen LogP contribution in [0.15, 0.2) is 120 Å². The van der Waals surface area contributed by atoms with Crippen molar-refractivity contribution in [3.63, 3.8) is 0 Å². The maximum Gasteiger partial charge on any atom is 0.411 e. The summed E-state index contributed by atoms with van der Waals surface area (Å²) in [5.74, 6) is 1.20. The monoisotopic (exact) mass is 1050 g/mol. The van der Waals surface area contributed by atoms with Gasteiger partial charge in [-0.3, -0.25) is 14.5 Å². The number of rotatable bonds is 14. The van der Waals surface area contributed by atoms with Crippen molar-refractivity contribution in [2.24, 2.45) is 0 Å². The van der Waals surface area contributed by atoms with Crippen molar-refractivity contribution < 1.29 is 38.1 Å². The molecule has 402 valence electrons. The number of cyclic esters (lactones) is 1. The highest BCUT2D eigenvalue weighted by Gasteiger charge is 2.51. The molecule has 1 saturated heterocycles. The van der Waals surface area contributed by atoms with Gasteiger partial charge in [0.25, 0.3) is 11.5 Å². The predicted octanol–water partition coefficient (Wildman–Crippen LogP) is 11.2. The molecule has 2 amide bonds. The topological polar surface area (TPSA) is 142 Å². The third-order valence-electron chi connectivity index (χ3n) is 15.5. The van der Waals surface area contributed by atoms with Gasteiger partial charge in [0.05, 0.1) is 34.6 Å². The first kappa shape index (κ1) is 52.1. The fourth-order valence-electron chi connectivity index (χ4n) is 11.5. The van der Waals surface area contributed by atoms with Gasteiger partial charge in [-0.05, 0) is 109 Å². The number of amides is 2. The van der Waals surface area contributed by atoms with Crippen LogP contribution in [0.4, 0.5) is 4.79 Å². The van der Waals surface area contributed by atoms with Crippen LogP contribution in [0.1, 0.15) is 127 Å². The molecule has 0 N–H and O–H groups in total. The van der Waals surface area contributed by atoms with Crippen molar-refractivity contribution >= 4 is 28.9 Å². The van der Waals surface area contributed by atoms with E-state index in [2.05, 4.69) is 43.9 Å². The summed E-state index contributed by atoms with van der Waals surface area (Å²) >= 11 is 0. The molecular formula is C64H67N5O9. The van der Waals surface area contributed by atoms with Crippen LogP contribution in [0, 0.1) is 0 Å². The van der Waals surface area contributed by atoms with E-state index in [-0.39, 0.29) is 36.0 Å². The Morgan fingerprint density at radius 3 is 2.09 bits per heavy atom. The second-order valence-corrected chi connectivity index (χ2v) is 22.2. The zero-order chi connectivity index (χ0) is 54.5. The van der Waals surface area contributed by atoms with E-state index in [1.54, 1.807) is 16.4 Å². The summed E-state index contributed by atoms with van der Waals surface area (Å²) in [6.45, 7) is 18.4. The fourth-order valence-corrected chi connectivity index (χ4v) is 11.5. The summed E-state index contributed by atoms with van der Waals surface area (Å²) in [6, 6.07) is 37.9. The van der Waals surface area contributed by atoms with Crippen molar-refractivity contribution in [3.05, 3.63) is 187 Å². The molecule has 78 heavy (non-hydrogen) atoms. The van der Waals surface area contributed by atoms with Gasteiger partial charge >= 0.3 is 12.1 Å². The van der Waals surface area contributed by atoms with E-state index < -0.39 is 17.7 Å². The van der Waals surface area contributed by atoms with Crippen LogP contribution < -0.4 is 19.8 Å². The summed E-state index contributed by atoms with van der Waals surface area (Å²) in [7, 11) is 0. The minimum Gasteiger partial charge on any atom is -0.488 e. The summed E-state index contributed by atoms with van der Waals surface area (Å²) in [5, 5.41) is 0.969. The van der Waals surface area contributed by atoms with Gasteiger partial charge in [-0.25, -0.2) is 14.6 Å². The third-order valence-corrected chi connectivity index (χ3v) is 15.5. The minimum absolute atomic E-state index is 0.0716. The first-order valence-electron chi connectivity index (χ1n) is 27.3. The van der Waals surface area contributed by atoms with Crippen molar-refractivity contribution in [1.29, 1.82) is 0 Å². The van der Waals surface area contributed by atoms with Gasteiger partial charge in [-0.2, -0.15) is 0 Å². The van der Waals surface area contributed by atoms with Crippen molar-refractivity contribution in [3.8, 4) is 28.6 Å². The van der Waals surface area contributed by atoms with Crippen LogP contribution in [0.3, 0.4) is 0 Å². The first-order chi connectivity index (χ1) is 37.6. The lowest BCUT2D eigenvalue weighted by Crippen LogP contribution is -2.53. The zero-order valence-corrected chi connectivity index (χ0v) is 45.6. The maximum atomic E-state index is 14.7. The van der Waals surface area contributed by atoms with E-state index in [4.69, 9.17) is 28.7 Å². The van der Waals surface area contributed by atoms with E-state index in [0.717, 1.165) is 61.2 Å². The average molecular weight is 1050 g/mol. The number of esters is 1. The molecule has 11 rings (SSSR count). The number of piperazine rings is 1. The van der Waals surface area contributed by atoms with Gasteiger partial charge in [0.1, 0.15) is 42.7 Å². The number of carbonyl (C=O) groups excluding carboxylic acids is 3. The average Bonchev–Trinajstić information content (AvgIpc) is 4.06. The fraction of sp³-hybridized carbons (Fsp3) is 0.359. The normalized spacial score (nSPS) is 16.8. The quantitative estimate of drug-likeness (QED) is 0.0961. The number of ether oxygens (including phenoxy) is 5. The van der Waals surface area contributed by atoms with Crippen LogP contribution >= 0.6 is 0 Å². The van der Waals surface area contributed by atoms with Gasteiger partial charge < -0.3 is 38.1 Å². The van der Waals surface area contributed by atoms with Crippen LogP contribution in [-0.2, 0) is 72.3 Å². The molecule has 0 aliphatic carbocycles. The highest BCUT2D eigenvalue weighted by Crippen LogP contribution is 2.44. The van der Waals surface area contributed by atoms with Crippen LogP contribution in [0.25, 0.3) is 22.3 Å². The molecule has 14 nitrogen and oxygen atoms in total. The Kier molecular flexibility index (Phi) is 14.1. The number of pyridine rings is 2. The minimum atomic E-state index is -1.82. The molecule has 7 aromatic rings. The number of aromatic nitrogens is 2. The molecule has 14 heteroatoms. The molecule has 2 aromatic heterocycles. The molecule has 5 aromatic carbocycles. The summed E-state index contributed by atoms with van der Waals surface area (Å²) in [6.07, 6.45) is 0.139. The molecule has 0 bridgehead atoms. The predicted molar refractivity (Wildman–Crippen MR) is 297 cm³/mol. The Morgan fingerprint density at radius 2 is 1.42 bits per heavy atom. The second-order valence-electron chi connectivity index (χ2n) is 22.2. The van der Waals surface area contributed by atoms with Crippen molar-refractivity contribution in [1.82, 2.24) is 24.3 Å². The maximum absolute atomic E-state index is 14.7. The Labute approximate surface area is 455 Å². The molecular weight excluding hydrogens is 983 g/mol. The van der Waals surface area contributed by atoms with E-state index in [1.807, 2.05) is 123 Å². The third kappa shape index (κ3) is 10.1. The molecule has 4 aliphatic heterocycles. The van der Waals surface area contributed by atoms with Crippen LogP contribution in [0.2, 0.25) is 0 Å². The van der Waals surface area contributed by atoms with Gasteiger partial charge in [0.2, 0.25) is 5.60 Å².